The third-order valence-electron chi connectivity index (χ3n) is 3.14. The minimum Gasteiger partial charge on any atom is -0.444 e. The topological polar surface area (TPSA) is 93.5 Å². The molecule has 2 heterocycles. The fraction of sp³-hybridized carbons (Fsp3) is 0.692. The van der Waals surface area contributed by atoms with Gasteiger partial charge in [-0.05, 0) is 20.8 Å². The molecule has 0 fully saturated rings. The van der Waals surface area contributed by atoms with Gasteiger partial charge in [0.15, 0.2) is 0 Å². The number of amides is 1. The first-order valence-electron chi connectivity index (χ1n) is 7.02. The number of alkyl carbamates (subject to hydrolysis) is 1. The van der Waals surface area contributed by atoms with Crippen molar-refractivity contribution < 1.29 is 17.9 Å². The van der Waals surface area contributed by atoms with Crippen LogP contribution in [0.3, 0.4) is 0 Å². The van der Waals surface area contributed by atoms with Crippen molar-refractivity contribution in [3.63, 3.8) is 0 Å². The predicted octanol–water partition coefficient (Wildman–Crippen LogP) is 0.804. The Morgan fingerprint density at radius 1 is 1.45 bits per heavy atom. The lowest BCUT2D eigenvalue weighted by Crippen LogP contribution is -2.46. The van der Waals surface area contributed by atoms with Gasteiger partial charge in [-0.2, -0.15) is 5.10 Å². The molecule has 0 aliphatic carbocycles. The van der Waals surface area contributed by atoms with E-state index in [1.165, 1.54) is 4.31 Å². The van der Waals surface area contributed by atoms with E-state index in [0.29, 0.717) is 25.5 Å². The highest BCUT2D eigenvalue weighted by Crippen LogP contribution is 2.24. The van der Waals surface area contributed by atoms with Crippen LogP contribution >= 0.6 is 0 Å². The second-order valence-electron chi connectivity index (χ2n) is 6.41. The maximum atomic E-state index is 11.9. The number of ether oxygens (including phenoxy) is 1. The maximum absolute atomic E-state index is 11.9. The zero-order valence-corrected chi connectivity index (χ0v) is 14.1. The van der Waals surface area contributed by atoms with Crippen LogP contribution < -0.4 is 9.62 Å². The molecule has 0 bridgehead atoms. The first-order valence-corrected chi connectivity index (χ1v) is 8.87. The van der Waals surface area contributed by atoms with Crippen molar-refractivity contribution in [3.05, 3.63) is 12.3 Å². The van der Waals surface area contributed by atoms with E-state index >= 15 is 0 Å². The number of aromatic nitrogens is 2. The number of anilines is 1. The van der Waals surface area contributed by atoms with Gasteiger partial charge in [-0.1, -0.05) is 0 Å². The van der Waals surface area contributed by atoms with E-state index in [-0.39, 0.29) is 5.92 Å². The lowest BCUT2D eigenvalue weighted by molar-refractivity contribution is 0.0517. The summed E-state index contributed by atoms with van der Waals surface area (Å²) in [4.78, 5) is 11.7. The van der Waals surface area contributed by atoms with Gasteiger partial charge in [0.2, 0.25) is 10.0 Å². The Labute approximate surface area is 130 Å². The molecule has 8 nitrogen and oxygen atoms in total. The van der Waals surface area contributed by atoms with Gasteiger partial charge in [-0.3, -0.25) is 4.31 Å². The quantitative estimate of drug-likeness (QED) is 0.885. The van der Waals surface area contributed by atoms with Gasteiger partial charge < -0.3 is 10.1 Å². The lowest BCUT2D eigenvalue weighted by atomic mass is 10.1. The van der Waals surface area contributed by atoms with Crippen molar-refractivity contribution in [1.29, 1.82) is 0 Å². The zero-order valence-electron chi connectivity index (χ0n) is 13.2. The van der Waals surface area contributed by atoms with Crippen LogP contribution in [0.2, 0.25) is 0 Å². The number of sulfonamides is 1. The fourth-order valence-electron chi connectivity index (χ4n) is 2.28. The summed E-state index contributed by atoms with van der Waals surface area (Å²) in [5, 5.41) is 6.80. The molecule has 1 unspecified atom stereocenters. The van der Waals surface area contributed by atoms with E-state index in [2.05, 4.69) is 10.4 Å². The standard InChI is InChI=1S/C13H22N4O4S/c1-13(2,3)21-12(18)14-7-10-8-16-11(5-6-15-16)17(9-10)22(4,19)20/h5-6,10H,7-9H2,1-4H3,(H,14,18). The molecule has 22 heavy (non-hydrogen) atoms. The normalized spacial score (nSPS) is 18.7. The van der Waals surface area contributed by atoms with Crippen LogP contribution in [0.5, 0.6) is 0 Å². The summed E-state index contributed by atoms with van der Waals surface area (Å²) in [6.07, 6.45) is 2.22. The number of carbonyl (C=O) groups is 1. The monoisotopic (exact) mass is 330 g/mol. The SMILES string of the molecule is CC(C)(C)OC(=O)NCC1CN(S(C)(=O)=O)c2ccnn2C1. The molecule has 0 radical (unpaired) electrons. The Morgan fingerprint density at radius 2 is 2.14 bits per heavy atom. The molecule has 0 saturated heterocycles. The molecule has 1 aliphatic rings. The van der Waals surface area contributed by atoms with E-state index in [1.807, 2.05) is 0 Å². The Hall–Kier alpha value is -1.77. The maximum Gasteiger partial charge on any atom is 0.407 e. The summed E-state index contributed by atoms with van der Waals surface area (Å²) in [5.74, 6) is 0.477. The average molecular weight is 330 g/mol. The highest BCUT2D eigenvalue weighted by atomic mass is 32.2. The van der Waals surface area contributed by atoms with Gasteiger partial charge in [0, 0.05) is 31.6 Å². The number of nitrogens with zero attached hydrogens (tertiary/aromatic N) is 3. The van der Waals surface area contributed by atoms with Gasteiger partial charge in [0.25, 0.3) is 0 Å². The van der Waals surface area contributed by atoms with Gasteiger partial charge in [0.1, 0.15) is 11.4 Å². The fourth-order valence-corrected chi connectivity index (χ4v) is 3.26. The molecule has 0 saturated carbocycles. The molecule has 0 spiro atoms. The molecule has 1 aromatic heterocycles. The van der Waals surface area contributed by atoms with Crippen LogP contribution in [-0.4, -0.2) is 49.2 Å². The van der Waals surface area contributed by atoms with E-state index in [4.69, 9.17) is 4.74 Å². The minimum absolute atomic E-state index is 0.0744. The van der Waals surface area contributed by atoms with Crippen molar-refractivity contribution in [2.75, 3.05) is 23.7 Å². The number of nitrogens with one attached hydrogen (secondary N) is 1. The van der Waals surface area contributed by atoms with Crippen molar-refractivity contribution >= 4 is 21.9 Å². The highest BCUT2D eigenvalue weighted by Gasteiger charge is 2.30. The smallest absolute Gasteiger partial charge is 0.407 e. The van der Waals surface area contributed by atoms with Gasteiger partial charge in [-0.15, -0.1) is 0 Å². The van der Waals surface area contributed by atoms with Crippen LogP contribution in [0, 0.1) is 5.92 Å². The number of hydrogen-bond donors (Lipinski definition) is 1. The first kappa shape index (κ1) is 16.6. The van der Waals surface area contributed by atoms with E-state index in [1.54, 1.807) is 37.7 Å². The number of carbonyl (C=O) groups excluding carboxylic acids is 1. The number of fused-ring (bicyclic) bond motifs is 1. The molecule has 124 valence electrons. The number of hydrogen-bond acceptors (Lipinski definition) is 5. The first-order chi connectivity index (χ1) is 10.1. The van der Waals surface area contributed by atoms with Gasteiger partial charge >= 0.3 is 6.09 Å². The van der Waals surface area contributed by atoms with Crippen LogP contribution in [0.15, 0.2) is 12.3 Å². The molecule has 0 aromatic carbocycles. The van der Waals surface area contributed by atoms with E-state index in [9.17, 15) is 13.2 Å². The summed E-state index contributed by atoms with van der Waals surface area (Å²) in [7, 11) is -3.38. The van der Waals surface area contributed by atoms with Gasteiger partial charge in [-0.25, -0.2) is 17.9 Å². The summed E-state index contributed by atoms with van der Waals surface area (Å²) in [6, 6.07) is 1.67. The summed E-state index contributed by atoms with van der Waals surface area (Å²) in [6.45, 7) is 6.53. The summed E-state index contributed by atoms with van der Waals surface area (Å²) < 4.78 is 31.9. The highest BCUT2D eigenvalue weighted by molar-refractivity contribution is 7.92. The van der Waals surface area contributed by atoms with Gasteiger partial charge in [0.05, 0.1) is 12.5 Å². The van der Waals surface area contributed by atoms with E-state index < -0.39 is 21.7 Å². The van der Waals surface area contributed by atoms with Crippen LogP contribution in [0.25, 0.3) is 0 Å². The van der Waals surface area contributed by atoms with Crippen molar-refractivity contribution in [3.8, 4) is 0 Å². The zero-order chi connectivity index (χ0) is 16.5. The predicted molar refractivity (Wildman–Crippen MR) is 82.1 cm³/mol. The van der Waals surface area contributed by atoms with Crippen molar-refractivity contribution in [1.82, 2.24) is 15.1 Å². The third-order valence-corrected chi connectivity index (χ3v) is 4.28. The Balaban J connectivity index is 2.02. The van der Waals surface area contributed by atoms with Crippen LogP contribution in [0.4, 0.5) is 10.6 Å². The minimum atomic E-state index is -3.38. The van der Waals surface area contributed by atoms with E-state index in [0.717, 1.165) is 6.26 Å². The average Bonchev–Trinajstić information content (AvgIpc) is 2.79. The Morgan fingerprint density at radius 3 is 2.73 bits per heavy atom. The van der Waals surface area contributed by atoms with Crippen LogP contribution in [-0.2, 0) is 21.3 Å². The largest absolute Gasteiger partial charge is 0.444 e. The molecular formula is C13H22N4O4S. The summed E-state index contributed by atoms with van der Waals surface area (Å²) in [5.41, 5.74) is -0.565. The Bertz CT molecular complexity index is 647. The molecular weight excluding hydrogens is 308 g/mol. The number of rotatable bonds is 3. The lowest BCUT2D eigenvalue weighted by Gasteiger charge is -2.33. The molecule has 1 aromatic rings. The third kappa shape index (κ3) is 4.12. The second kappa shape index (κ2) is 5.79. The second-order valence-corrected chi connectivity index (χ2v) is 8.32. The van der Waals surface area contributed by atoms with Crippen molar-refractivity contribution in [2.45, 2.75) is 32.9 Å². The molecule has 9 heteroatoms. The molecule has 1 N–H and O–H groups in total. The Kier molecular flexibility index (Phi) is 4.37. The van der Waals surface area contributed by atoms with Crippen molar-refractivity contribution in [2.24, 2.45) is 5.92 Å². The summed E-state index contributed by atoms with van der Waals surface area (Å²) >= 11 is 0. The molecule has 1 aliphatic heterocycles. The molecule has 1 atom stereocenters. The molecule has 2 rings (SSSR count). The van der Waals surface area contributed by atoms with Crippen LogP contribution in [0.1, 0.15) is 20.8 Å². The molecule has 1 amide bonds.